The molecule has 0 spiro atoms. The van der Waals surface area contributed by atoms with Crippen molar-refractivity contribution in [3.63, 3.8) is 0 Å². The van der Waals surface area contributed by atoms with Crippen LogP contribution in [0, 0.1) is 0 Å². The second-order valence-corrected chi connectivity index (χ2v) is 4.30. The number of amides is 2. The molecule has 118 valence electrons. The number of aryl methyl sites for hydroxylation is 1. The highest BCUT2D eigenvalue weighted by atomic mass is 19.4. The van der Waals surface area contributed by atoms with E-state index in [1.807, 2.05) is 0 Å². The first kappa shape index (κ1) is 16.8. The monoisotopic (exact) mass is 308 g/mol. The molecule has 0 bridgehead atoms. The Bertz CT molecular complexity index is 515. The zero-order valence-electron chi connectivity index (χ0n) is 11.4. The van der Waals surface area contributed by atoms with Crippen molar-refractivity contribution >= 4 is 12.0 Å². The molecule has 0 aliphatic rings. The maximum Gasteiger partial charge on any atom is 0.406 e. The Kier molecular flexibility index (Phi) is 5.17. The lowest BCUT2D eigenvalue weighted by atomic mass is 10.1. The molecule has 1 aromatic rings. The summed E-state index contributed by atoms with van der Waals surface area (Å²) in [6.07, 6.45) is -1.97. The summed E-state index contributed by atoms with van der Waals surface area (Å²) in [5, 5.41) is 14.9. The fraction of sp³-hybridized carbons (Fsp3) is 0.545. The van der Waals surface area contributed by atoms with Crippen molar-refractivity contribution < 1.29 is 27.9 Å². The van der Waals surface area contributed by atoms with Crippen LogP contribution in [0.4, 0.5) is 18.0 Å². The van der Waals surface area contributed by atoms with E-state index in [-0.39, 0.29) is 12.1 Å². The molecule has 0 aliphatic carbocycles. The van der Waals surface area contributed by atoms with E-state index >= 15 is 0 Å². The number of rotatable bonds is 5. The van der Waals surface area contributed by atoms with E-state index in [1.165, 1.54) is 24.0 Å². The second-order valence-electron chi connectivity index (χ2n) is 4.30. The third-order valence-electron chi connectivity index (χ3n) is 2.61. The van der Waals surface area contributed by atoms with Crippen LogP contribution in [0.25, 0.3) is 0 Å². The van der Waals surface area contributed by atoms with Crippen LogP contribution in [-0.2, 0) is 11.8 Å². The zero-order valence-corrected chi connectivity index (χ0v) is 11.4. The summed E-state index contributed by atoms with van der Waals surface area (Å²) >= 11 is 0. The number of aromatic nitrogens is 2. The van der Waals surface area contributed by atoms with Crippen molar-refractivity contribution in [2.45, 2.75) is 19.1 Å². The lowest BCUT2D eigenvalue weighted by Gasteiger charge is -2.24. The Morgan fingerprint density at radius 1 is 1.52 bits per heavy atom. The number of urea groups is 1. The van der Waals surface area contributed by atoms with E-state index in [2.05, 4.69) is 10.4 Å². The van der Waals surface area contributed by atoms with E-state index in [1.54, 1.807) is 7.05 Å². The van der Waals surface area contributed by atoms with Gasteiger partial charge in [0.25, 0.3) is 0 Å². The van der Waals surface area contributed by atoms with Crippen LogP contribution < -0.4 is 5.32 Å². The summed E-state index contributed by atoms with van der Waals surface area (Å²) in [4.78, 5) is 23.4. The number of halogens is 3. The molecule has 2 N–H and O–H groups in total. The normalized spacial score (nSPS) is 12.8. The molecule has 0 aliphatic heterocycles. The maximum atomic E-state index is 12.3. The average Bonchev–Trinajstić information content (AvgIpc) is 2.77. The van der Waals surface area contributed by atoms with Gasteiger partial charge in [0.2, 0.25) is 0 Å². The molecule has 1 aromatic heterocycles. The number of carbonyl (C=O) groups excluding carboxylic acids is 1. The fourth-order valence-electron chi connectivity index (χ4n) is 1.64. The molecule has 0 radical (unpaired) electrons. The van der Waals surface area contributed by atoms with Gasteiger partial charge in [0.15, 0.2) is 6.04 Å². The molecule has 7 nitrogen and oxygen atoms in total. The Hall–Kier alpha value is -2.26. The number of alkyl halides is 3. The molecule has 21 heavy (non-hydrogen) atoms. The Labute approximate surface area is 118 Å². The minimum absolute atomic E-state index is 0.168. The number of hydrogen-bond donors (Lipinski definition) is 2. The molecule has 1 atom stereocenters. The number of aliphatic carboxylic acids is 1. The van der Waals surface area contributed by atoms with Gasteiger partial charge in [-0.05, 0) is 6.92 Å². The molecule has 0 saturated carbocycles. The van der Waals surface area contributed by atoms with Gasteiger partial charge in [-0.1, -0.05) is 0 Å². The van der Waals surface area contributed by atoms with Crippen LogP contribution in [0.1, 0.15) is 18.5 Å². The molecule has 0 saturated heterocycles. The largest absolute Gasteiger partial charge is 0.479 e. The lowest BCUT2D eigenvalue weighted by Crippen LogP contribution is -2.47. The first-order chi connectivity index (χ1) is 9.64. The van der Waals surface area contributed by atoms with E-state index in [4.69, 9.17) is 5.11 Å². The molecule has 0 aromatic carbocycles. The highest BCUT2D eigenvalue weighted by molar-refractivity contribution is 5.83. The molecule has 0 fully saturated rings. The van der Waals surface area contributed by atoms with E-state index in [9.17, 15) is 22.8 Å². The van der Waals surface area contributed by atoms with Gasteiger partial charge in [-0.2, -0.15) is 18.3 Å². The zero-order chi connectivity index (χ0) is 16.2. The summed E-state index contributed by atoms with van der Waals surface area (Å²) in [5.41, 5.74) is 0.168. The summed E-state index contributed by atoms with van der Waals surface area (Å²) in [6, 6.07) is -2.57. The van der Waals surface area contributed by atoms with Gasteiger partial charge in [0, 0.05) is 25.4 Å². The molecule has 1 heterocycles. The smallest absolute Gasteiger partial charge is 0.406 e. The number of carbonyl (C=O) groups is 2. The van der Waals surface area contributed by atoms with Gasteiger partial charge in [0.05, 0.1) is 6.20 Å². The van der Waals surface area contributed by atoms with Crippen LogP contribution in [0.2, 0.25) is 0 Å². The van der Waals surface area contributed by atoms with Crippen LogP contribution in [0.15, 0.2) is 12.4 Å². The summed E-state index contributed by atoms with van der Waals surface area (Å²) in [5.74, 6) is -1.39. The predicted molar refractivity (Wildman–Crippen MR) is 65.4 cm³/mol. The number of carboxylic acids is 1. The van der Waals surface area contributed by atoms with E-state index in [0.717, 1.165) is 0 Å². The van der Waals surface area contributed by atoms with Crippen LogP contribution in [-0.4, -0.2) is 51.1 Å². The predicted octanol–water partition coefficient (Wildman–Crippen LogP) is 1.14. The van der Waals surface area contributed by atoms with Crippen molar-refractivity contribution in [2.24, 2.45) is 7.05 Å². The fourth-order valence-corrected chi connectivity index (χ4v) is 1.64. The highest BCUT2D eigenvalue weighted by Crippen LogP contribution is 2.17. The van der Waals surface area contributed by atoms with Gasteiger partial charge < -0.3 is 15.3 Å². The van der Waals surface area contributed by atoms with Gasteiger partial charge in [-0.25, -0.2) is 9.59 Å². The van der Waals surface area contributed by atoms with Crippen molar-refractivity contribution in [2.75, 3.05) is 13.1 Å². The maximum absolute atomic E-state index is 12.3. The SMILES string of the molecule is CCN(CC(F)(F)F)C(=O)NC(C(=O)O)c1cnn(C)c1. The van der Waals surface area contributed by atoms with E-state index < -0.39 is 30.8 Å². The van der Waals surface area contributed by atoms with Crippen molar-refractivity contribution in [3.8, 4) is 0 Å². The van der Waals surface area contributed by atoms with Gasteiger partial charge >= 0.3 is 18.2 Å². The van der Waals surface area contributed by atoms with Crippen LogP contribution >= 0.6 is 0 Å². The van der Waals surface area contributed by atoms with Gasteiger partial charge in [0.1, 0.15) is 6.54 Å². The second kappa shape index (κ2) is 6.46. The molecule has 1 rings (SSSR count). The standard InChI is InChI=1S/C11H15F3N4O3/c1-3-18(6-11(12,13)14)10(21)16-8(9(19)20)7-4-15-17(2)5-7/h4-5,8H,3,6H2,1-2H3,(H,16,21)(H,19,20). The molecule has 2 amide bonds. The summed E-state index contributed by atoms with van der Waals surface area (Å²) in [6.45, 7) is -0.287. The Morgan fingerprint density at radius 3 is 2.52 bits per heavy atom. The lowest BCUT2D eigenvalue weighted by molar-refractivity contribution is -0.140. The minimum atomic E-state index is -4.56. The van der Waals surface area contributed by atoms with Crippen LogP contribution in [0.5, 0.6) is 0 Å². The van der Waals surface area contributed by atoms with Gasteiger partial charge in [-0.3, -0.25) is 4.68 Å². The molecule has 10 heteroatoms. The van der Waals surface area contributed by atoms with Crippen molar-refractivity contribution in [3.05, 3.63) is 18.0 Å². The molecular formula is C11H15F3N4O3. The molecule has 1 unspecified atom stereocenters. The highest BCUT2D eigenvalue weighted by Gasteiger charge is 2.34. The van der Waals surface area contributed by atoms with E-state index in [0.29, 0.717) is 4.90 Å². The third-order valence-corrected chi connectivity index (χ3v) is 2.61. The first-order valence-electron chi connectivity index (χ1n) is 5.97. The minimum Gasteiger partial charge on any atom is -0.479 e. The average molecular weight is 308 g/mol. The van der Waals surface area contributed by atoms with Gasteiger partial charge in [-0.15, -0.1) is 0 Å². The number of nitrogens with zero attached hydrogens (tertiary/aromatic N) is 3. The Balaban J connectivity index is 2.83. The van der Waals surface area contributed by atoms with Crippen LogP contribution in [0.3, 0.4) is 0 Å². The van der Waals surface area contributed by atoms with Crippen molar-refractivity contribution in [1.82, 2.24) is 20.0 Å². The number of hydrogen-bond acceptors (Lipinski definition) is 3. The number of carboxylic acid groups (broad SMARTS) is 1. The Morgan fingerprint density at radius 2 is 2.14 bits per heavy atom. The topological polar surface area (TPSA) is 87.5 Å². The third kappa shape index (κ3) is 4.97. The quantitative estimate of drug-likeness (QED) is 0.854. The molecular weight excluding hydrogens is 293 g/mol. The van der Waals surface area contributed by atoms with Crippen molar-refractivity contribution in [1.29, 1.82) is 0 Å². The summed E-state index contributed by atoms with van der Waals surface area (Å²) in [7, 11) is 1.55. The number of nitrogens with one attached hydrogen (secondary N) is 1. The summed E-state index contributed by atoms with van der Waals surface area (Å²) < 4.78 is 38.3. The first-order valence-corrected chi connectivity index (χ1v) is 5.97.